The number of anilines is 2. The molecule has 0 radical (unpaired) electrons. The summed E-state index contributed by atoms with van der Waals surface area (Å²) >= 11 is 3.22. The molecule has 7 heteroatoms. The summed E-state index contributed by atoms with van der Waals surface area (Å²) in [7, 11) is 0. The molecule has 2 rings (SSSR count). The highest BCUT2D eigenvalue weighted by molar-refractivity contribution is 7.98. The Morgan fingerprint density at radius 2 is 1.90 bits per heavy atom. The standard InChI is InChI=1S/C13H19N5S2/c1-8(2)3-4-12-16-9(6-19-12)7-20-13-17-10(14)5-11(15)18-13/h5-6,8H,3-4,7H2,1-2H3,(H4,14,15,17,18). The van der Waals surface area contributed by atoms with Crippen molar-refractivity contribution in [3.63, 3.8) is 0 Å². The number of aryl methyl sites for hydroxylation is 1. The lowest BCUT2D eigenvalue weighted by atomic mass is 10.1. The quantitative estimate of drug-likeness (QED) is 0.629. The first kappa shape index (κ1) is 15.1. The van der Waals surface area contributed by atoms with Crippen molar-refractivity contribution in [3.8, 4) is 0 Å². The van der Waals surface area contributed by atoms with Crippen LogP contribution in [0.2, 0.25) is 0 Å². The molecule has 0 spiro atoms. The highest BCUT2D eigenvalue weighted by Gasteiger charge is 2.06. The molecule has 2 aromatic rings. The van der Waals surface area contributed by atoms with Crippen molar-refractivity contribution in [1.82, 2.24) is 15.0 Å². The number of nitrogens with zero attached hydrogens (tertiary/aromatic N) is 3. The summed E-state index contributed by atoms with van der Waals surface area (Å²) in [6.07, 6.45) is 2.23. The van der Waals surface area contributed by atoms with Gasteiger partial charge in [0.2, 0.25) is 0 Å². The number of nitrogen functional groups attached to an aromatic ring is 2. The van der Waals surface area contributed by atoms with Gasteiger partial charge in [-0.1, -0.05) is 25.6 Å². The topological polar surface area (TPSA) is 90.7 Å². The van der Waals surface area contributed by atoms with Gasteiger partial charge in [0.15, 0.2) is 5.16 Å². The van der Waals surface area contributed by atoms with E-state index in [1.54, 1.807) is 17.4 Å². The van der Waals surface area contributed by atoms with Crippen molar-refractivity contribution < 1.29 is 0 Å². The van der Waals surface area contributed by atoms with Crippen LogP contribution in [-0.4, -0.2) is 15.0 Å². The van der Waals surface area contributed by atoms with Crippen molar-refractivity contribution in [3.05, 3.63) is 22.1 Å². The highest BCUT2D eigenvalue weighted by atomic mass is 32.2. The first-order valence-corrected chi connectivity index (χ1v) is 8.35. The molecule has 20 heavy (non-hydrogen) atoms. The monoisotopic (exact) mass is 309 g/mol. The summed E-state index contributed by atoms with van der Waals surface area (Å²) < 4.78 is 0. The Morgan fingerprint density at radius 1 is 1.20 bits per heavy atom. The van der Waals surface area contributed by atoms with Crippen molar-refractivity contribution in [2.45, 2.75) is 37.6 Å². The molecule has 0 amide bonds. The third kappa shape index (κ3) is 4.64. The SMILES string of the molecule is CC(C)CCc1nc(CSc2nc(N)cc(N)n2)cs1. The van der Waals surface area contributed by atoms with Crippen LogP contribution >= 0.6 is 23.1 Å². The highest BCUT2D eigenvalue weighted by Crippen LogP contribution is 2.23. The number of thioether (sulfide) groups is 1. The summed E-state index contributed by atoms with van der Waals surface area (Å²) in [5.41, 5.74) is 12.3. The molecule has 0 saturated carbocycles. The average Bonchev–Trinajstić information content (AvgIpc) is 2.81. The molecule has 0 atom stereocenters. The van der Waals surface area contributed by atoms with E-state index in [2.05, 4.69) is 34.2 Å². The van der Waals surface area contributed by atoms with Crippen LogP contribution in [0.3, 0.4) is 0 Å². The minimum Gasteiger partial charge on any atom is -0.383 e. The fourth-order valence-corrected chi connectivity index (χ4v) is 3.29. The van der Waals surface area contributed by atoms with E-state index < -0.39 is 0 Å². The van der Waals surface area contributed by atoms with Gasteiger partial charge in [-0.2, -0.15) is 0 Å². The Hall–Kier alpha value is -1.34. The van der Waals surface area contributed by atoms with Crippen molar-refractivity contribution in [1.29, 1.82) is 0 Å². The number of hydrogen-bond donors (Lipinski definition) is 2. The van der Waals surface area contributed by atoms with E-state index in [0.717, 1.165) is 17.9 Å². The van der Waals surface area contributed by atoms with Crippen LogP contribution in [0.1, 0.15) is 31.0 Å². The van der Waals surface area contributed by atoms with Crippen LogP contribution in [0.25, 0.3) is 0 Å². The second-order valence-electron chi connectivity index (χ2n) is 4.95. The van der Waals surface area contributed by atoms with Crippen LogP contribution < -0.4 is 11.5 Å². The van der Waals surface area contributed by atoms with Gasteiger partial charge < -0.3 is 11.5 Å². The molecule has 0 unspecified atom stereocenters. The van der Waals surface area contributed by atoms with Crippen LogP contribution in [0, 0.1) is 5.92 Å². The Labute approximate surface area is 127 Å². The van der Waals surface area contributed by atoms with Crippen molar-refractivity contribution in [2.75, 3.05) is 11.5 Å². The molecular weight excluding hydrogens is 290 g/mol. The third-order valence-electron chi connectivity index (χ3n) is 2.63. The van der Waals surface area contributed by atoms with E-state index in [4.69, 9.17) is 11.5 Å². The van der Waals surface area contributed by atoms with Gasteiger partial charge in [-0.05, 0) is 18.8 Å². The largest absolute Gasteiger partial charge is 0.383 e. The molecule has 108 valence electrons. The number of hydrogen-bond acceptors (Lipinski definition) is 7. The van der Waals surface area contributed by atoms with E-state index in [-0.39, 0.29) is 0 Å². The average molecular weight is 309 g/mol. The zero-order valence-corrected chi connectivity index (χ0v) is 13.3. The maximum Gasteiger partial charge on any atom is 0.191 e. The summed E-state index contributed by atoms with van der Waals surface area (Å²) in [4.78, 5) is 12.9. The van der Waals surface area contributed by atoms with E-state index in [1.165, 1.54) is 23.2 Å². The first-order valence-electron chi connectivity index (χ1n) is 6.49. The number of aromatic nitrogens is 3. The number of nitrogens with two attached hydrogens (primary N) is 2. The smallest absolute Gasteiger partial charge is 0.191 e. The molecule has 2 aromatic heterocycles. The lowest BCUT2D eigenvalue weighted by Crippen LogP contribution is -1.99. The fourth-order valence-electron chi connectivity index (χ4n) is 1.61. The molecule has 0 saturated heterocycles. The maximum atomic E-state index is 5.64. The van der Waals surface area contributed by atoms with Gasteiger partial charge in [0, 0.05) is 17.2 Å². The Balaban J connectivity index is 1.90. The zero-order chi connectivity index (χ0) is 14.5. The van der Waals surface area contributed by atoms with Gasteiger partial charge >= 0.3 is 0 Å². The van der Waals surface area contributed by atoms with Gasteiger partial charge in [0.1, 0.15) is 11.6 Å². The molecule has 0 fully saturated rings. The van der Waals surface area contributed by atoms with Crippen LogP contribution in [-0.2, 0) is 12.2 Å². The van der Waals surface area contributed by atoms with E-state index in [0.29, 0.717) is 22.7 Å². The predicted octanol–water partition coefficient (Wildman–Crippen LogP) is 2.98. The predicted molar refractivity (Wildman–Crippen MR) is 85.7 cm³/mol. The molecule has 4 N–H and O–H groups in total. The van der Waals surface area contributed by atoms with Gasteiger partial charge in [0.05, 0.1) is 10.7 Å². The Bertz CT molecular complexity index is 547. The lowest BCUT2D eigenvalue weighted by Gasteiger charge is -2.01. The van der Waals surface area contributed by atoms with Gasteiger partial charge in [-0.25, -0.2) is 15.0 Å². The summed E-state index contributed by atoms with van der Waals surface area (Å²) in [6, 6.07) is 1.55. The van der Waals surface area contributed by atoms with E-state index >= 15 is 0 Å². The molecule has 0 aliphatic heterocycles. The van der Waals surface area contributed by atoms with Crippen LogP contribution in [0.4, 0.5) is 11.6 Å². The molecule has 2 heterocycles. The first-order chi connectivity index (χ1) is 9.52. The fraction of sp³-hybridized carbons (Fsp3) is 0.462. The second kappa shape index (κ2) is 6.90. The van der Waals surface area contributed by atoms with Gasteiger partial charge in [0.25, 0.3) is 0 Å². The van der Waals surface area contributed by atoms with E-state index in [9.17, 15) is 0 Å². The minimum absolute atomic E-state index is 0.399. The molecular formula is C13H19N5S2. The van der Waals surface area contributed by atoms with Crippen LogP contribution in [0.15, 0.2) is 16.6 Å². The van der Waals surface area contributed by atoms with Crippen molar-refractivity contribution >= 4 is 34.7 Å². The maximum absolute atomic E-state index is 5.64. The molecule has 0 aliphatic rings. The summed E-state index contributed by atoms with van der Waals surface area (Å²) in [5.74, 6) is 2.24. The Kier molecular flexibility index (Phi) is 5.19. The Morgan fingerprint density at radius 3 is 2.55 bits per heavy atom. The van der Waals surface area contributed by atoms with E-state index in [1.807, 2.05) is 0 Å². The minimum atomic E-state index is 0.399. The lowest BCUT2D eigenvalue weighted by molar-refractivity contribution is 0.585. The number of thiazole rings is 1. The van der Waals surface area contributed by atoms with Crippen LogP contribution in [0.5, 0.6) is 0 Å². The molecule has 0 aromatic carbocycles. The van der Waals surface area contributed by atoms with Gasteiger partial charge in [-0.3, -0.25) is 0 Å². The number of rotatable bonds is 6. The normalized spacial score (nSPS) is 11.2. The van der Waals surface area contributed by atoms with Crippen molar-refractivity contribution in [2.24, 2.45) is 5.92 Å². The zero-order valence-electron chi connectivity index (χ0n) is 11.7. The molecule has 0 bridgehead atoms. The summed E-state index contributed by atoms with van der Waals surface area (Å²) in [5, 5.41) is 3.89. The molecule has 5 nitrogen and oxygen atoms in total. The second-order valence-corrected chi connectivity index (χ2v) is 6.84. The van der Waals surface area contributed by atoms with Gasteiger partial charge in [-0.15, -0.1) is 11.3 Å². The summed E-state index contributed by atoms with van der Waals surface area (Å²) in [6.45, 7) is 4.46. The molecule has 0 aliphatic carbocycles. The third-order valence-corrected chi connectivity index (χ3v) is 4.47.